The van der Waals surface area contributed by atoms with E-state index in [4.69, 9.17) is 10.00 Å². The molecule has 266 valence electrons. The Morgan fingerprint density at radius 1 is 1.15 bits per heavy atom. The van der Waals surface area contributed by atoms with E-state index >= 15 is 0 Å². The van der Waals surface area contributed by atoms with Crippen LogP contribution in [0.1, 0.15) is 113 Å². The van der Waals surface area contributed by atoms with E-state index in [0.29, 0.717) is 31.0 Å². The fraction of sp³-hybridized carbons (Fsp3) is 0.667. The van der Waals surface area contributed by atoms with Crippen molar-refractivity contribution < 1.29 is 9.53 Å². The van der Waals surface area contributed by atoms with Crippen LogP contribution in [0.5, 0.6) is 0 Å². The molecule has 0 N–H and O–H groups in total. The zero-order valence-electron chi connectivity index (χ0n) is 32.1. The summed E-state index contributed by atoms with van der Waals surface area (Å²) in [5, 5.41) is 8.83. The molecule has 6 nitrogen and oxygen atoms in total. The molecule has 6 heteroatoms. The molecule has 1 amide bonds. The third-order valence-electron chi connectivity index (χ3n) is 11.0. The summed E-state index contributed by atoms with van der Waals surface area (Å²) >= 11 is 0. The number of nitriles is 1. The number of fused-ring (bicyclic) bond motifs is 1. The quantitative estimate of drug-likeness (QED) is 0.165. The van der Waals surface area contributed by atoms with E-state index < -0.39 is 0 Å². The van der Waals surface area contributed by atoms with E-state index in [1.165, 1.54) is 61.8 Å². The standard InChI is InChI=1S/C32H47N3O2.C10H19N/c1-9-10-11-16-34-24(5)32(6,7)19-25-12-13-29(18-30(25)34)35(28-14-15-28)23(4)27-17-26(22(2)3)20-33(21-27)31(36)37-8;1-8(2)6-9(3)10(4,5)7-11/h12-13,18,26-28H,2,4-5,9-11,14-17,19-21H2,1,3,6-8H3;8-9H,6H2,1-5H3/t26-,27+;/m0./s1. The molecule has 1 aliphatic carbocycles. The van der Waals surface area contributed by atoms with Crippen LogP contribution >= 0.6 is 0 Å². The predicted octanol–water partition coefficient (Wildman–Crippen LogP) is 10.8. The molecular weight excluding hydrogens is 592 g/mol. The van der Waals surface area contributed by atoms with Crippen molar-refractivity contribution in [3.63, 3.8) is 0 Å². The highest BCUT2D eigenvalue weighted by Gasteiger charge is 2.40. The molecule has 48 heavy (non-hydrogen) atoms. The van der Waals surface area contributed by atoms with Crippen molar-refractivity contribution in [2.45, 2.75) is 120 Å². The van der Waals surface area contributed by atoms with Crippen molar-refractivity contribution in [2.24, 2.45) is 34.5 Å². The number of anilines is 2. The number of allylic oxidation sites excluding steroid dienone is 1. The van der Waals surface area contributed by atoms with Crippen molar-refractivity contribution in [3.8, 4) is 6.07 Å². The van der Waals surface area contributed by atoms with Gasteiger partial charge in [-0.1, -0.05) is 85.8 Å². The lowest BCUT2D eigenvalue weighted by Crippen LogP contribution is -2.46. The second kappa shape index (κ2) is 16.5. The summed E-state index contributed by atoms with van der Waals surface area (Å²) in [5.41, 5.74) is 7.24. The molecule has 2 aliphatic heterocycles. The van der Waals surface area contributed by atoms with Gasteiger partial charge in [0.05, 0.1) is 18.6 Å². The van der Waals surface area contributed by atoms with Gasteiger partial charge in [0, 0.05) is 59.8 Å². The van der Waals surface area contributed by atoms with E-state index in [-0.39, 0.29) is 28.8 Å². The summed E-state index contributed by atoms with van der Waals surface area (Å²) in [6.45, 7) is 35.2. The lowest BCUT2D eigenvalue weighted by molar-refractivity contribution is 0.0952. The number of ether oxygens (including phenoxy) is 1. The third-order valence-corrected chi connectivity index (χ3v) is 11.0. The van der Waals surface area contributed by atoms with Crippen LogP contribution in [0, 0.1) is 45.8 Å². The van der Waals surface area contributed by atoms with Gasteiger partial charge in [-0.3, -0.25) is 0 Å². The summed E-state index contributed by atoms with van der Waals surface area (Å²) in [5.74, 6) is 1.60. The van der Waals surface area contributed by atoms with Crippen LogP contribution in [0.15, 0.2) is 54.9 Å². The number of carbonyl (C=O) groups excluding carboxylic acids is 1. The van der Waals surface area contributed by atoms with Gasteiger partial charge >= 0.3 is 6.09 Å². The molecule has 2 fully saturated rings. The molecule has 0 radical (unpaired) electrons. The third kappa shape index (κ3) is 9.70. The fourth-order valence-corrected chi connectivity index (χ4v) is 7.20. The summed E-state index contributed by atoms with van der Waals surface area (Å²) in [4.78, 5) is 19.3. The predicted molar refractivity (Wildman–Crippen MR) is 203 cm³/mol. The van der Waals surface area contributed by atoms with Gasteiger partial charge in [-0.25, -0.2) is 4.79 Å². The Balaban J connectivity index is 0.000000488. The monoisotopic (exact) mass is 659 g/mol. The van der Waals surface area contributed by atoms with Crippen LogP contribution in [0.4, 0.5) is 16.2 Å². The number of nitrogens with zero attached hydrogens (tertiary/aromatic N) is 4. The average Bonchev–Trinajstić information content (AvgIpc) is 3.87. The SMILES string of the molecule is C=C(C)[C@H]1C[C@@H](C(=C)N(c2ccc3c(c2)N(CCCCC)C(=C)C(C)(C)C3)C2CC2)CN(C(=O)OC)C1.CC(C)CC(C)C(C)(C)C#N. The number of piperidine rings is 1. The van der Waals surface area contributed by atoms with Crippen LogP contribution < -0.4 is 9.80 Å². The molecule has 0 aromatic heterocycles. The molecule has 1 aromatic rings. The highest BCUT2D eigenvalue weighted by Crippen LogP contribution is 2.47. The number of methoxy groups -OCH3 is 1. The second-order valence-corrected chi connectivity index (χ2v) is 16.5. The molecule has 3 aliphatic rings. The Morgan fingerprint density at radius 3 is 2.33 bits per heavy atom. The van der Waals surface area contributed by atoms with E-state index in [2.05, 4.69) is 102 Å². The molecule has 0 spiro atoms. The van der Waals surface area contributed by atoms with E-state index in [0.717, 1.165) is 37.1 Å². The number of likely N-dealkylation sites (tertiary alicyclic amines) is 1. The van der Waals surface area contributed by atoms with E-state index in [9.17, 15) is 4.79 Å². The normalized spacial score (nSPS) is 21.0. The van der Waals surface area contributed by atoms with Crippen LogP contribution in [0.25, 0.3) is 0 Å². The van der Waals surface area contributed by atoms with Gasteiger partial charge in [0.15, 0.2) is 0 Å². The lowest BCUT2D eigenvalue weighted by Gasteiger charge is -2.44. The fourth-order valence-electron chi connectivity index (χ4n) is 7.20. The van der Waals surface area contributed by atoms with Gasteiger partial charge in [0.25, 0.3) is 0 Å². The molecule has 4 rings (SSSR count). The average molecular weight is 659 g/mol. The number of hydrogen-bond acceptors (Lipinski definition) is 5. The zero-order chi connectivity index (χ0) is 36.0. The van der Waals surface area contributed by atoms with Gasteiger partial charge in [-0.05, 0) is 94.7 Å². The van der Waals surface area contributed by atoms with Gasteiger partial charge in [-0.15, -0.1) is 0 Å². The first-order valence-electron chi connectivity index (χ1n) is 18.4. The van der Waals surface area contributed by atoms with Crippen molar-refractivity contribution in [2.75, 3.05) is 36.5 Å². The van der Waals surface area contributed by atoms with Gasteiger partial charge < -0.3 is 19.4 Å². The maximum Gasteiger partial charge on any atom is 0.409 e. The van der Waals surface area contributed by atoms with Gasteiger partial charge in [-0.2, -0.15) is 5.26 Å². The van der Waals surface area contributed by atoms with Crippen LogP contribution in [-0.2, 0) is 11.2 Å². The molecule has 1 saturated carbocycles. The van der Waals surface area contributed by atoms with Crippen LogP contribution in [-0.4, -0.2) is 43.8 Å². The highest BCUT2D eigenvalue weighted by atomic mass is 16.5. The Bertz CT molecular complexity index is 1350. The summed E-state index contributed by atoms with van der Waals surface area (Å²) in [6, 6.07) is 9.81. The maximum atomic E-state index is 12.5. The molecular formula is C42H66N4O2. The number of hydrogen-bond donors (Lipinski definition) is 0. The van der Waals surface area contributed by atoms with E-state index in [1.54, 1.807) is 0 Å². The first kappa shape index (κ1) is 39.2. The smallest absolute Gasteiger partial charge is 0.409 e. The van der Waals surface area contributed by atoms with Gasteiger partial charge in [0.1, 0.15) is 0 Å². The minimum Gasteiger partial charge on any atom is -0.453 e. The summed E-state index contributed by atoms with van der Waals surface area (Å²) in [7, 11) is 1.46. The second-order valence-electron chi connectivity index (χ2n) is 16.5. The Kier molecular flexibility index (Phi) is 13.5. The molecule has 0 bridgehead atoms. The first-order chi connectivity index (χ1) is 22.5. The minimum absolute atomic E-state index is 0.0531. The molecule has 2 heterocycles. The van der Waals surface area contributed by atoms with Gasteiger partial charge in [0.2, 0.25) is 0 Å². The van der Waals surface area contributed by atoms with E-state index in [1.807, 2.05) is 18.7 Å². The topological polar surface area (TPSA) is 59.8 Å². The van der Waals surface area contributed by atoms with Crippen molar-refractivity contribution in [3.05, 3.63) is 60.5 Å². The van der Waals surface area contributed by atoms with Crippen molar-refractivity contribution in [1.82, 2.24) is 4.90 Å². The Morgan fingerprint density at radius 2 is 1.79 bits per heavy atom. The number of carbonyl (C=O) groups is 1. The Hall–Kier alpha value is -3.20. The zero-order valence-corrected chi connectivity index (χ0v) is 32.1. The summed E-state index contributed by atoms with van der Waals surface area (Å²) < 4.78 is 5.09. The molecule has 1 aromatic carbocycles. The first-order valence-corrected chi connectivity index (χ1v) is 18.4. The summed E-state index contributed by atoms with van der Waals surface area (Å²) in [6.07, 6.45) is 8.80. The maximum absolute atomic E-state index is 12.5. The van der Waals surface area contributed by atoms with Crippen LogP contribution in [0.2, 0.25) is 0 Å². The van der Waals surface area contributed by atoms with Crippen molar-refractivity contribution >= 4 is 17.5 Å². The lowest BCUT2D eigenvalue weighted by atomic mass is 9.77. The number of benzene rings is 1. The van der Waals surface area contributed by atoms with Crippen molar-refractivity contribution in [1.29, 1.82) is 5.26 Å². The minimum atomic E-state index is -0.264. The number of rotatable bonds is 12. The highest BCUT2D eigenvalue weighted by molar-refractivity contribution is 5.71. The molecule has 1 unspecified atom stereocenters. The Labute approximate surface area is 293 Å². The largest absolute Gasteiger partial charge is 0.453 e. The van der Waals surface area contributed by atoms with Crippen LogP contribution in [0.3, 0.4) is 0 Å². The number of amides is 1. The molecule has 1 saturated heterocycles. The molecule has 3 atom stereocenters. The number of unbranched alkanes of at least 4 members (excludes halogenated alkanes) is 2.